The van der Waals surface area contributed by atoms with Crippen LogP contribution in [0.3, 0.4) is 0 Å². The summed E-state index contributed by atoms with van der Waals surface area (Å²) in [4.78, 5) is 12.9. The van der Waals surface area contributed by atoms with E-state index < -0.39 is 0 Å². The van der Waals surface area contributed by atoms with Gasteiger partial charge in [-0.15, -0.1) is 0 Å². The van der Waals surface area contributed by atoms with Crippen LogP contribution in [0.15, 0.2) is 45.6 Å². The van der Waals surface area contributed by atoms with E-state index in [2.05, 4.69) is 0 Å². The van der Waals surface area contributed by atoms with Crippen molar-refractivity contribution in [2.75, 3.05) is 13.2 Å². The molecular formula is C19H18O5. The lowest BCUT2D eigenvalue weighted by Gasteiger charge is -2.14. The van der Waals surface area contributed by atoms with Gasteiger partial charge in [0.1, 0.15) is 40.8 Å². The molecule has 4 rings (SSSR count). The molecule has 2 heterocycles. The molecule has 5 heteroatoms. The van der Waals surface area contributed by atoms with Gasteiger partial charge >= 0.3 is 0 Å². The van der Waals surface area contributed by atoms with Gasteiger partial charge in [-0.3, -0.25) is 4.79 Å². The highest BCUT2D eigenvalue weighted by Crippen LogP contribution is 2.32. The zero-order valence-corrected chi connectivity index (χ0v) is 13.6. The number of fused-ring (bicyclic) bond motifs is 2. The molecule has 124 valence electrons. The molecule has 0 N–H and O–H groups in total. The SMILES string of the molecule is CC(C)Oc1cc(OCC2CO2)cc2oc3ccccc3c(=O)c12. The molecule has 0 spiro atoms. The number of hydrogen-bond donors (Lipinski definition) is 0. The van der Waals surface area contributed by atoms with Crippen molar-refractivity contribution in [2.45, 2.75) is 26.1 Å². The molecule has 0 radical (unpaired) electrons. The van der Waals surface area contributed by atoms with Crippen LogP contribution >= 0.6 is 0 Å². The van der Waals surface area contributed by atoms with Crippen LogP contribution in [0.2, 0.25) is 0 Å². The van der Waals surface area contributed by atoms with Crippen molar-refractivity contribution in [1.82, 2.24) is 0 Å². The number of epoxide rings is 1. The maximum atomic E-state index is 12.9. The Balaban J connectivity index is 1.91. The van der Waals surface area contributed by atoms with Crippen molar-refractivity contribution < 1.29 is 18.6 Å². The normalized spacial score (nSPS) is 16.7. The molecule has 3 aromatic rings. The molecule has 0 amide bonds. The van der Waals surface area contributed by atoms with Gasteiger partial charge in [-0.25, -0.2) is 0 Å². The summed E-state index contributed by atoms with van der Waals surface area (Å²) >= 11 is 0. The fourth-order valence-electron chi connectivity index (χ4n) is 2.65. The third-order valence-corrected chi connectivity index (χ3v) is 3.82. The summed E-state index contributed by atoms with van der Waals surface area (Å²) in [5.74, 6) is 1.08. The predicted molar refractivity (Wildman–Crippen MR) is 91.0 cm³/mol. The topological polar surface area (TPSA) is 61.2 Å². The number of benzene rings is 2. The first-order valence-corrected chi connectivity index (χ1v) is 8.02. The first-order chi connectivity index (χ1) is 11.6. The lowest BCUT2D eigenvalue weighted by molar-refractivity contribution is 0.239. The van der Waals surface area contributed by atoms with Gasteiger partial charge < -0.3 is 18.6 Å². The minimum atomic E-state index is -0.0976. The second kappa shape index (κ2) is 5.83. The van der Waals surface area contributed by atoms with Gasteiger partial charge in [0.25, 0.3) is 0 Å². The Morgan fingerprint density at radius 3 is 2.75 bits per heavy atom. The van der Waals surface area contributed by atoms with Crippen LogP contribution in [0, 0.1) is 0 Å². The Labute approximate surface area is 138 Å². The van der Waals surface area contributed by atoms with E-state index in [1.54, 1.807) is 24.3 Å². The van der Waals surface area contributed by atoms with Crippen LogP contribution in [0.25, 0.3) is 21.9 Å². The maximum Gasteiger partial charge on any atom is 0.204 e. The highest BCUT2D eigenvalue weighted by atomic mass is 16.6. The molecule has 1 atom stereocenters. The molecule has 1 aliphatic heterocycles. The predicted octanol–water partition coefficient (Wildman–Crippen LogP) is 3.51. The molecule has 1 fully saturated rings. The van der Waals surface area contributed by atoms with Crippen molar-refractivity contribution in [3.63, 3.8) is 0 Å². The van der Waals surface area contributed by atoms with Crippen LogP contribution in [-0.4, -0.2) is 25.4 Å². The Morgan fingerprint density at radius 1 is 1.21 bits per heavy atom. The summed E-state index contributed by atoms with van der Waals surface area (Å²) in [6, 6.07) is 10.7. The molecule has 2 aromatic carbocycles. The third kappa shape index (κ3) is 2.83. The quantitative estimate of drug-likeness (QED) is 0.530. The maximum absolute atomic E-state index is 12.9. The van der Waals surface area contributed by atoms with Crippen molar-refractivity contribution in [3.8, 4) is 11.5 Å². The summed E-state index contributed by atoms with van der Waals surface area (Å²) in [6.07, 6.45) is 0.0832. The van der Waals surface area contributed by atoms with Crippen LogP contribution in [0.1, 0.15) is 13.8 Å². The van der Waals surface area contributed by atoms with Crippen molar-refractivity contribution >= 4 is 21.9 Å². The fourth-order valence-corrected chi connectivity index (χ4v) is 2.65. The van der Waals surface area contributed by atoms with E-state index in [4.69, 9.17) is 18.6 Å². The lowest BCUT2D eigenvalue weighted by Crippen LogP contribution is -2.11. The molecule has 5 nitrogen and oxygen atoms in total. The first-order valence-electron chi connectivity index (χ1n) is 8.02. The van der Waals surface area contributed by atoms with E-state index in [-0.39, 0.29) is 17.6 Å². The Bertz CT molecular complexity index is 953. The average Bonchev–Trinajstić information content (AvgIpc) is 3.36. The Kier molecular flexibility index (Phi) is 3.65. The summed E-state index contributed by atoms with van der Waals surface area (Å²) in [6.45, 7) is 5.03. The van der Waals surface area contributed by atoms with Crippen LogP contribution in [0.4, 0.5) is 0 Å². The molecule has 24 heavy (non-hydrogen) atoms. The minimum absolute atomic E-state index is 0.0684. The van der Waals surface area contributed by atoms with E-state index in [9.17, 15) is 4.79 Å². The van der Waals surface area contributed by atoms with Gasteiger partial charge in [0.05, 0.1) is 18.1 Å². The highest BCUT2D eigenvalue weighted by molar-refractivity contribution is 5.93. The van der Waals surface area contributed by atoms with E-state index >= 15 is 0 Å². The molecule has 0 saturated carbocycles. The van der Waals surface area contributed by atoms with E-state index in [0.717, 1.165) is 6.61 Å². The second-order valence-electron chi connectivity index (χ2n) is 6.15. The second-order valence-corrected chi connectivity index (χ2v) is 6.15. The summed E-state index contributed by atoms with van der Waals surface area (Å²) in [5.41, 5.74) is 0.913. The van der Waals surface area contributed by atoms with E-state index in [1.807, 2.05) is 26.0 Å². The number of ether oxygens (including phenoxy) is 3. The molecule has 0 bridgehead atoms. The largest absolute Gasteiger partial charge is 0.491 e. The summed E-state index contributed by atoms with van der Waals surface area (Å²) in [5, 5.41) is 0.982. The summed E-state index contributed by atoms with van der Waals surface area (Å²) < 4.78 is 22.7. The first kappa shape index (κ1) is 15.0. The van der Waals surface area contributed by atoms with Crippen molar-refractivity contribution in [3.05, 3.63) is 46.6 Å². The van der Waals surface area contributed by atoms with Gasteiger partial charge in [0, 0.05) is 12.1 Å². The minimum Gasteiger partial charge on any atom is -0.491 e. The molecule has 1 aromatic heterocycles. The molecule has 0 aliphatic carbocycles. The molecule has 1 unspecified atom stereocenters. The van der Waals surface area contributed by atoms with Gasteiger partial charge in [0.2, 0.25) is 5.43 Å². The average molecular weight is 326 g/mol. The Morgan fingerprint density at radius 2 is 2.00 bits per heavy atom. The standard InChI is InChI=1S/C19H18O5/c1-11(2)23-16-7-12(21-9-13-10-22-13)8-17-18(16)19(20)14-5-3-4-6-15(14)24-17/h3-8,11,13H,9-10H2,1-2H3. The number of para-hydroxylation sites is 1. The van der Waals surface area contributed by atoms with Crippen LogP contribution in [0.5, 0.6) is 11.5 Å². The van der Waals surface area contributed by atoms with Crippen LogP contribution in [-0.2, 0) is 4.74 Å². The molecule has 1 saturated heterocycles. The van der Waals surface area contributed by atoms with Gasteiger partial charge in [-0.05, 0) is 26.0 Å². The van der Waals surface area contributed by atoms with E-state index in [1.165, 1.54) is 0 Å². The van der Waals surface area contributed by atoms with Gasteiger partial charge in [0.15, 0.2) is 0 Å². The zero-order chi connectivity index (χ0) is 16.7. The van der Waals surface area contributed by atoms with E-state index in [0.29, 0.717) is 40.0 Å². The van der Waals surface area contributed by atoms with Gasteiger partial charge in [-0.2, -0.15) is 0 Å². The van der Waals surface area contributed by atoms with Gasteiger partial charge in [-0.1, -0.05) is 12.1 Å². The lowest BCUT2D eigenvalue weighted by atomic mass is 10.1. The zero-order valence-electron chi connectivity index (χ0n) is 13.6. The highest BCUT2D eigenvalue weighted by Gasteiger charge is 2.24. The van der Waals surface area contributed by atoms with Crippen molar-refractivity contribution in [2.24, 2.45) is 0 Å². The monoisotopic (exact) mass is 326 g/mol. The number of rotatable bonds is 5. The third-order valence-electron chi connectivity index (χ3n) is 3.82. The van der Waals surface area contributed by atoms with Crippen molar-refractivity contribution in [1.29, 1.82) is 0 Å². The number of hydrogen-bond acceptors (Lipinski definition) is 5. The Hall–Kier alpha value is -2.53. The summed E-state index contributed by atoms with van der Waals surface area (Å²) in [7, 11) is 0. The molecule has 1 aliphatic rings. The van der Waals surface area contributed by atoms with Crippen LogP contribution < -0.4 is 14.9 Å². The molecular weight excluding hydrogens is 308 g/mol. The smallest absolute Gasteiger partial charge is 0.204 e. The fraction of sp³-hybridized carbons (Fsp3) is 0.316.